The van der Waals surface area contributed by atoms with Gasteiger partial charge in [-0.15, -0.1) is 0 Å². The van der Waals surface area contributed by atoms with Gasteiger partial charge >= 0.3 is 11.9 Å². The van der Waals surface area contributed by atoms with Gasteiger partial charge in [-0.2, -0.15) is 0 Å². The number of hydrogen-bond donors (Lipinski definition) is 2. The van der Waals surface area contributed by atoms with Crippen LogP contribution in [0.5, 0.6) is 5.75 Å². The molecule has 0 radical (unpaired) electrons. The highest BCUT2D eigenvalue weighted by atomic mass is 16.5. The number of carbonyl (C=O) groups is 2. The fraction of sp³-hybridized carbons (Fsp3) is 0.429. The van der Waals surface area contributed by atoms with Crippen LogP contribution in [-0.2, 0) is 9.53 Å². The predicted molar refractivity (Wildman–Crippen MR) is 73.7 cm³/mol. The maximum atomic E-state index is 11.8. The lowest BCUT2D eigenvalue weighted by Crippen LogP contribution is -2.31. The number of anilines is 1. The summed E-state index contributed by atoms with van der Waals surface area (Å²) in [5.74, 6) is -1.28. The summed E-state index contributed by atoms with van der Waals surface area (Å²) in [5.41, 5.74) is 5.16. The van der Waals surface area contributed by atoms with Crippen molar-refractivity contribution in [3.05, 3.63) is 23.8 Å². The number of benzene rings is 1. The Balaban J connectivity index is 2.95. The molecule has 110 valence electrons. The number of carbonyl (C=O) groups excluding carboxylic acids is 1. The zero-order valence-electron chi connectivity index (χ0n) is 11.8. The minimum absolute atomic E-state index is 0.0708. The normalized spacial score (nSPS) is 10.9. The lowest BCUT2D eigenvalue weighted by Gasteiger charge is -2.20. The fourth-order valence-electron chi connectivity index (χ4n) is 1.36. The summed E-state index contributed by atoms with van der Waals surface area (Å²) in [5, 5.41) is 9.03. The van der Waals surface area contributed by atoms with Crippen molar-refractivity contribution in [2.24, 2.45) is 5.41 Å². The lowest BCUT2D eigenvalue weighted by molar-refractivity contribution is -0.148. The zero-order valence-corrected chi connectivity index (χ0v) is 11.8. The minimum atomic E-state index is -1.06. The number of aliphatic carboxylic acids is 1. The van der Waals surface area contributed by atoms with Crippen LogP contribution in [-0.4, -0.2) is 30.3 Å². The molecule has 0 atom stereocenters. The van der Waals surface area contributed by atoms with E-state index in [1.54, 1.807) is 13.0 Å². The first kappa shape index (κ1) is 15.8. The predicted octanol–water partition coefficient (Wildman–Crippen LogP) is 1.94. The maximum absolute atomic E-state index is 11.8. The molecule has 0 spiro atoms. The molecule has 6 heteroatoms. The lowest BCUT2D eigenvalue weighted by atomic mass is 9.95. The summed E-state index contributed by atoms with van der Waals surface area (Å²) in [6.45, 7) is 4.93. The smallest absolute Gasteiger partial charge is 0.341 e. The van der Waals surface area contributed by atoms with Gasteiger partial charge in [-0.3, -0.25) is 4.79 Å². The van der Waals surface area contributed by atoms with E-state index < -0.39 is 17.4 Å². The Morgan fingerprint density at radius 3 is 2.55 bits per heavy atom. The highest BCUT2D eigenvalue weighted by Crippen LogP contribution is 2.25. The van der Waals surface area contributed by atoms with Gasteiger partial charge in [0.2, 0.25) is 0 Å². The summed E-state index contributed by atoms with van der Waals surface area (Å²) in [7, 11) is 0. The average Bonchev–Trinajstić information content (AvgIpc) is 2.37. The zero-order chi connectivity index (χ0) is 15.3. The third-order valence-electron chi connectivity index (χ3n) is 2.67. The number of ether oxygens (including phenoxy) is 2. The standard InChI is InChI=1S/C14H19NO5/c1-4-19-12(16)10-7-9(15)5-6-11(10)20-8-14(2,3)13(17)18/h5-7H,4,8,15H2,1-3H3,(H,17,18). The topological polar surface area (TPSA) is 98.9 Å². The van der Waals surface area contributed by atoms with Gasteiger partial charge in [-0.05, 0) is 39.0 Å². The van der Waals surface area contributed by atoms with Crippen molar-refractivity contribution in [2.75, 3.05) is 18.9 Å². The van der Waals surface area contributed by atoms with E-state index in [1.165, 1.54) is 26.0 Å². The number of nitrogens with two attached hydrogens (primary N) is 1. The molecule has 1 rings (SSSR count). The maximum Gasteiger partial charge on any atom is 0.341 e. The number of carboxylic acids is 1. The van der Waals surface area contributed by atoms with Crippen molar-refractivity contribution in [3.8, 4) is 5.75 Å². The molecule has 0 aromatic heterocycles. The first-order valence-electron chi connectivity index (χ1n) is 6.20. The van der Waals surface area contributed by atoms with Crippen molar-refractivity contribution in [1.29, 1.82) is 0 Å². The molecule has 0 amide bonds. The number of hydrogen-bond acceptors (Lipinski definition) is 5. The van der Waals surface area contributed by atoms with Crippen molar-refractivity contribution in [3.63, 3.8) is 0 Å². The molecule has 3 N–H and O–H groups in total. The molecule has 6 nitrogen and oxygen atoms in total. The molecular weight excluding hydrogens is 262 g/mol. The van der Waals surface area contributed by atoms with Gasteiger partial charge in [0.1, 0.15) is 17.9 Å². The Bertz CT molecular complexity index is 510. The Kier molecular flexibility index (Phi) is 4.96. The highest BCUT2D eigenvalue weighted by Gasteiger charge is 2.29. The molecule has 0 unspecified atom stereocenters. The minimum Gasteiger partial charge on any atom is -0.492 e. The second-order valence-corrected chi connectivity index (χ2v) is 4.95. The molecule has 20 heavy (non-hydrogen) atoms. The van der Waals surface area contributed by atoms with Crippen LogP contribution in [0.4, 0.5) is 5.69 Å². The summed E-state index contributed by atoms with van der Waals surface area (Å²) in [6.07, 6.45) is 0. The SMILES string of the molecule is CCOC(=O)c1cc(N)ccc1OCC(C)(C)C(=O)O. The summed E-state index contributed by atoms with van der Waals surface area (Å²) in [4.78, 5) is 22.8. The van der Waals surface area contributed by atoms with Gasteiger partial charge in [0.05, 0.1) is 12.0 Å². The molecule has 0 aliphatic carbocycles. The summed E-state index contributed by atoms with van der Waals surface area (Å²) < 4.78 is 10.4. The van der Waals surface area contributed by atoms with Crippen molar-refractivity contribution in [1.82, 2.24) is 0 Å². The van der Waals surface area contributed by atoms with Gasteiger partial charge in [0, 0.05) is 5.69 Å². The Labute approximate surface area is 117 Å². The van der Waals surface area contributed by atoms with E-state index in [0.29, 0.717) is 5.69 Å². The van der Waals surface area contributed by atoms with Crippen LogP contribution in [0.25, 0.3) is 0 Å². The first-order chi connectivity index (χ1) is 9.27. The molecule has 0 saturated carbocycles. The van der Waals surface area contributed by atoms with E-state index in [2.05, 4.69) is 0 Å². The molecule has 0 aliphatic heterocycles. The second-order valence-electron chi connectivity index (χ2n) is 4.95. The fourth-order valence-corrected chi connectivity index (χ4v) is 1.36. The average molecular weight is 281 g/mol. The molecular formula is C14H19NO5. The number of nitrogen functional groups attached to an aromatic ring is 1. The van der Waals surface area contributed by atoms with E-state index in [0.717, 1.165) is 0 Å². The number of carboxylic acid groups (broad SMARTS) is 1. The molecule has 0 bridgehead atoms. The number of esters is 1. The molecule has 0 saturated heterocycles. The third-order valence-corrected chi connectivity index (χ3v) is 2.67. The van der Waals surface area contributed by atoms with Crippen molar-refractivity contribution in [2.45, 2.75) is 20.8 Å². The summed E-state index contributed by atoms with van der Waals surface area (Å²) >= 11 is 0. The largest absolute Gasteiger partial charge is 0.492 e. The molecule has 1 aromatic carbocycles. The van der Waals surface area contributed by atoms with Crippen LogP contribution >= 0.6 is 0 Å². The Hall–Kier alpha value is -2.24. The van der Waals surface area contributed by atoms with Gasteiger partial charge in [-0.1, -0.05) is 0 Å². The van der Waals surface area contributed by atoms with E-state index >= 15 is 0 Å². The van der Waals surface area contributed by atoms with Crippen LogP contribution in [0.15, 0.2) is 18.2 Å². The van der Waals surface area contributed by atoms with Gasteiger partial charge in [0.25, 0.3) is 0 Å². The van der Waals surface area contributed by atoms with E-state index in [4.69, 9.17) is 20.3 Å². The third kappa shape index (κ3) is 3.88. The molecule has 1 aromatic rings. The van der Waals surface area contributed by atoms with Gasteiger partial charge in [-0.25, -0.2) is 4.79 Å². The van der Waals surface area contributed by atoms with Crippen LogP contribution < -0.4 is 10.5 Å². The molecule has 0 aliphatic rings. The van der Waals surface area contributed by atoms with E-state index in [1.807, 2.05) is 0 Å². The monoisotopic (exact) mass is 281 g/mol. The molecule has 0 fully saturated rings. The molecule has 0 heterocycles. The highest BCUT2D eigenvalue weighted by molar-refractivity contribution is 5.93. The van der Waals surface area contributed by atoms with Crippen LogP contribution in [0.3, 0.4) is 0 Å². The van der Waals surface area contributed by atoms with E-state index in [-0.39, 0.29) is 24.5 Å². The van der Waals surface area contributed by atoms with E-state index in [9.17, 15) is 9.59 Å². The number of rotatable bonds is 6. The van der Waals surface area contributed by atoms with Gasteiger partial charge < -0.3 is 20.3 Å². The van der Waals surface area contributed by atoms with Crippen LogP contribution in [0.1, 0.15) is 31.1 Å². The Morgan fingerprint density at radius 1 is 1.35 bits per heavy atom. The van der Waals surface area contributed by atoms with Gasteiger partial charge in [0.15, 0.2) is 0 Å². The quantitative estimate of drug-likeness (QED) is 0.610. The van der Waals surface area contributed by atoms with Crippen molar-refractivity contribution < 1.29 is 24.2 Å². The van der Waals surface area contributed by atoms with Crippen molar-refractivity contribution >= 4 is 17.6 Å². The second kappa shape index (κ2) is 6.27. The Morgan fingerprint density at radius 2 is 2.00 bits per heavy atom. The van der Waals surface area contributed by atoms with Crippen LogP contribution in [0, 0.1) is 5.41 Å². The first-order valence-corrected chi connectivity index (χ1v) is 6.20. The summed E-state index contributed by atoms with van der Waals surface area (Å²) in [6, 6.07) is 4.55. The van der Waals surface area contributed by atoms with Crippen LogP contribution in [0.2, 0.25) is 0 Å².